The van der Waals surface area contributed by atoms with Crippen molar-refractivity contribution in [3.63, 3.8) is 0 Å². The van der Waals surface area contributed by atoms with E-state index in [1.54, 1.807) is 0 Å². The van der Waals surface area contributed by atoms with Gasteiger partial charge in [-0.2, -0.15) is 0 Å². The molecule has 1 unspecified atom stereocenters. The van der Waals surface area contributed by atoms with E-state index in [1.165, 1.54) is 32.1 Å². The number of hydrogen-bond acceptors (Lipinski definition) is 2. The molecule has 0 aromatic carbocycles. The van der Waals surface area contributed by atoms with Crippen LogP contribution in [0.2, 0.25) is 0 Å². The molecule has 2 nitrogen and oxygen atoms in total. The van der Waals surface area contributed by atoms with E-state index in [0.29, 0.717) is 6.79 Å². The lowest BCUT2D eigenvalue weighted by molar-refractivity contribution is -0.0661. The lowest BCUT2D eigenvalue weighted by atomic mass is 10.0. The summed E-state index contributed by atoms with van der Waals surface area (Å²) >= 11 is 0. The van der Waals surface area contributed by atoms with E-state index >= 15 is 0 Å². The molecule has 0 saturated heterocycles. The van der Waals surface area contributed by atoms with Gasteiger partial charge in [-0.3, -0.25) is 0 Å². The summed E-state index contributed by atoms with van der Waals surface area (Å²) in [4.78, 5) is 0. The molecule has 1 atom stereocenters. The van der Waals surface area contributed by atoms with Crippen molar-refractivity contribution < 1.29 is 9.47 Å². The van der Waals surface area contributed by atoms with Gasteiger partial charge in [-0.1, -0.05) is 46.5 Å². The number of unbranched alkanes of at least 4 members (excludes halogenated alkanes) is 2. The molecule has 0 fully saturated rings. The van der Waals surface area contributed by atoms with Crippen LogP contribution in [0.25, 0.3) is 0 Å². The van der Waals surface area contributed by atoms with Gasteiger partial charge in [0.1, 0.15) is 6.79 Å². The highest BCUT2D eigenvalue weighted by atomic mass is 16.7. The maximum Gasteiger partial charge on any atom is 0.146 e. The Morgan fingerprint density at radius 3 is 2.27 bits per heavy atom. The van der Waals surface area contributed by atoms with Crippen LogP contribution in [0.5, 0.6) is 0 Å². The molecule has 0 rings (SSSR count). The Hall–Kier alpha value is -0.0800. The van der Waals surface area contributed by atoms with Gasteiger partial charge in [0.15, 0.2) is 0 Å². The Morgan fingerprint density at radius 1 is 0.933 bits per heavy atom. The van der Waals surface area contributed by atoms with Crippen LogP contribution in [-0.4, -0.2) is 20.0 Å². The van der Waals surface area contributed by atoms with Gasteiger partial charge in [0, 0.05) is 6.61 Å². The van der Waals surface area contributed by atoms with Crippen molar-refractivity contribution in [2.45, 2.75) is 59.3 Å². The third-order valence-corrected chi connectivity index (χ3v) is 2.71. The summed E-state index contributed by atoms with van der Waals surface area (Å²) in [5.74, 6) is 0.722. The van der Waals surface area contributed by atoms with Crippen LogP contribution >= 0.6 is 0 Å². The largest absolute Gasteiger partial charge is 0.355 e. The van der Waals surface area contributed by atoms with Crippen molar-refractivity contribution in [2.24, 2.45) is 5.92 Å². The lowest BCUT2D eigenvalue weighted by Gasteiger charge is -2.14. The molecular weight excluding hydrogens is 188 g/mol. The highest BCUT2D eigenvalue weighted by Crippen LogP contribution is 2.12. The van der Waals surface area contributed by atoms with Crippen LogP contribution in [0.4, 0.5) is 0 Å². The first-order valence-electron chi connectivity index (χ1n) is 6.50. The minimum atomic E-state index is 0.475. The number of ether oxygens (including phenoxy) is 2. The molecule has 15 heavy (non-hydrogen) atoms. The maximum atomic E-state index is 5.51. The van der Waals surface area contributed by atoms with Crippen molar-refractivity contribution in [3.05, 3.63) is 0 Å². The molecule has 0 heterocycles. The second-order valence-electron chi connectivity index (χ2n) is 4.17. The lowest BCUT2D eigenvalue weighted by Crippen LogP contribution is -2.11. The number of hydrogen-bond donors (Lipinski definition) is 0. The van der Waals surface area contributed by atoms with E-state index in [0.717, 1.165) is 25.6 Å². The zero-order valence-corrected chi connectivity index (χ0v) is 10.8. The molecule has 0 N–H and O–H groups in total. The summed E-state index contributed by atoms with van der Waals surface area (Å²) in [6.45, 7) is 8.82. The summed E-state index contributed by atoms with van der Waals surface area (Å²) in [6.07, 6.45) is 7.43. The van der Waals surface area contributed by atoms with Gasteiger partial charge in [0.25, 0.3) is 0 Å². The average molecular weight is 216 g/mol. The monoisotopic (exact) mass is 216 g/mol. The summed E-state index contributed by atoms with van der Waals surface area (Å²) in [6, 6.07) is 0. The van der Waals surface area contributed by atoms with Crippen LogP contribution in [-0.2, 0) is 9.47 Å². The molecule has 0 amide bonds. The molecule has 0 aliphatic carbocycles. The van der Waals surface area contributed by atoms with Crippen LogP contribution in [0.3, 0.4) is 0 Å². The van der Waals surface area contributed by atoms with E-state index in [4.69, 9.17) is 9.47 Å². The van der Waals surface area contributed by atoms with Crippen LogP contribution in [0, 0.1) is 5.92 Å². The van der Waals surface area contributed by atoms with Crippen molar-refractivity contribution in [1.82, 2.24) is 0 Å². The first kappa shape index (κ1) is 14.9. The van der Waals surface area contributed by atoms with E-state index in [9.17, 15) is 0 Å². The van der Waals surface area contributed by atoms with Crippen LogP contribution in [0.1, 0.15) is 59.3 Å². The van der Waals surface area contributed by atoms with E-state index in [2.05, 4.69) is 20.8 Å². The molecule has 92 valence electrons. The predicted molar refractivity (Wildman–Crippen MR) is 65.0 cm³/mol. The van der Waals surface area contributed by atoms with Crippen molar-refractivity contribution >= 4 is 0 Å². The zero-order chi connectivity index (χ0) is 11.4. The molecular formula is C13H28O2. The SMILES string of the molecule is CCCCOCOCC(CC)CCCC. The second-order valence-corrected chi connectivity index (χ2v) is 4.17. The Labute approximate surface area is 95.3 Å². The minimum absolute atomic E-state index is 0.475. The molecule has 0 saturated carbocycles. The third-order valence-electron chi connectivity index (χ3n) is 2.71. The fourth-order valence-electron chi connectivity index (χ4n) is 1.48. The fraction of sp³-hybridized carbons (Fsp3) is 1.00. The van der Waals surface area contributed by atoms with Crippen LogP contribution in [0.15, 0.2) is 0 Å². The van der Waals surface area contributed by atoms with Crippen molar-refractivity contribution in [2.75, 3.05) is 20.0 Å². The van der Waals surface area contributed by atoms with Gasteiger partial charge in [-0.15, -0.1) is 0 Å². The van der Waals surface area contributed by atoms with Gasteiger partial charge >= 0.3 is 0 Å². The Balaban J connectivity index is 3.22. The van der Waals surface area contributed by atoms with Gasteiger partial charge in [-0.05, 0) is 18.8 Å². The summed E-state index contributed by atoms with van der Waals surface area (Å²) in [5, 5.41) is 0. The molecule has 0 bridgehead atoms. The van der Waals surface area contributed by atoms with Gasteiger partial charge in [0.05, 0.1) is 6.61 Å². The molecule has 0 aromatic rings. The van der Waals surface area contributed by atoms with E-state index in [1.807, 2.05) is 0 Å². The summed E-state index contributed by atoms with van der Waals surface area (Å²) < 4.78 is 10.9. The fourth-order valence-corrected chi connectivity index (χ4v) is 1.48. The predicted octanol–water partition coefficient (Wildman–Crippen LogP) is 3.99. The summed E-state index contributed by atoms with van der Waals surface area (Å²) in [5.41, 5.74) is 0. The van der Waals surface area contributed by atoms with Gasteiger partial charge in [0.2, 0.25) is 0 Å². The highest BCUT2D eigenvalue weighted by Gasteiger charge is 2.05. The molecule has 0 radical (unpaired) electrons. The normalized spacial score (nSPS) is 13.0. The molecule has 0 aliphatic rings. The minimum Gasteiger partial charge on any atom is -0.355 e. The molecule has 0 aromatic heterocycles. The molecule has 2 heteroatoms. The maximum absolute atomic E-state index is 5.51. The second kappa shape index (κ2) is 12.0. The first-order valence-corrected chi connectivity index (χ1v) is 6.50. The Kier molecular flexibility index (Phi) is 11.9. The smallest absolute Gasteiger partial charge is 0.146 e. The average Bonchev–Trinajstić information content (AvgIpc) is 2.27. The Bertz CT molecular complexity index is 115. The molecule has 0 spiro atoms. The van der Waals surface area contributed by atoms with Crippen LogP contribution < -0.4 is 0 Å². The summed E-state index contributed by atoms with van der Waals surface area (Å²) in [7, 11) is 0. The van der Waals surface area contributed by atoms with Crippen molar-refractivity contribution in [1.29, 1.82) is 0 Å². The van der Waals surface area contributed by atoms with E-state index < -0.39 is 0 Å². The zero-order valence-electron chi connectivity index (χ0n) is 10.8. The quantitative estimate of drug-likeness (QED) is 0.384. The van der Waals surface area contributed by atoms with Crippen molar-refractivity contribution in [3.8, 4) is 0 Å². The number of rotatable bonds is 11. The topological polar surface area (TPSA) is 18.5 Å². The first-order chi connectivity index (χ1) is 7.35. The third kappa shape index (κ3) is 10.2. The van der Waals surface area contributed by atoms with Gasteiger partial charge in [-0.25, -0.2) is 0 Å². The highest BCUT2D eigenvalue weighted by molar-refractivity contribution is 4.55. The molecule has 0 aliphatic heterocycles. The Morgan fingerprint density at radius 2 is 1.67 bits per heavy atom. The standard InChI is InChI=1S/C13H28O2/c1-4-7-9-13(6-3)11-15-12-14-10-8-5-2/h13H,4-12H2,1-3H3. The van der Waals surface area contributed by atoms with E-state index in [-0.39, 0.29) is 0 Å². The van der Waals surface area contributed by atoms with Gasteiger partial charge < -0.3 is 9.47 Å².